The van der Waals surface area contributed by atoms with E-state index in [2.05, 4.69) is 6.92 Å². The Morgan fingerprint density at radius 1 is 0.746 bits per heavy atom. The van der Waals surface area contributed by atoms with E-state index < -0.39 is 81.0 Å². The highest BCUT2D eigenvalue weighted by atomic mass is 16.6. The fourth-order valence-corrected chi connectivity index (χ4v) is 16.5. The first kappa shape index (κ1) is 40.0. The molecule has 2 saturated heterocycles. The summed E-state index contributed by atoms with van der Waals surface area (Å²) in [5.41, 5.74) is -5.82. The smallest absolute Gasteiger partial charge is 0.318 e. The number of cyclic esters (lactones) is 3. The molecule has 12 rings (SSSR count). The zero-order chi connectivity index (χ0) is 41.8. The van der Waals surface area contributed by atoms with E-state index >= 15 is 4.79 Å². The van der Waals surface area contributed by atoms with Gasteiger partial charge in [-0.25, -0.2) is 0 Å². The monoisotopic (exact) mass is 822 g/mol. The zero-order valence-electron chi connectivity index (χ0n) is 35.2. The van der Waals surface area contributed by atoms with Gasteiger partial charge in [-0.05, 0) is 133 Å². The van der Waals surface area contributed by atoms with Gasteiger partial charge in [0.15, 0.2) is 0 Å². The van der Waals surface area contributed by atoms with Crippen LogP contribution in [-0.4, -0.2) is 80.6 Å². The lowest BCUT2D eigenvalue weighted by Crippen LogP contribution is -2.67. The highest BCUT2D eigenvalue weighted by molar-refractivity contribution is 5.98. The molecule has 59 heavy (non-hydrogen) atoms. The molecule has 324 valence electrons. The molecule has 10 bridgehead atoms. The molecular formula is C46H62O13. The van der Waals surface area contributed by atoms with Crippen LogP contribution < -0.4 is 0 Å². The van der Waals surface area contributed by atoms with Crippen LogP contribution in [0.2, 0.25) is 0 Å². The van der Waals surface area contributed by atoms with Crippen LogP contribution >= 0.6 is 0 Å². The summed E-state index contributed by atoms with van der Waals surface area (Å²) >= 11 is 0. The quantitative estimate of drug-likeness (QED) is 0.171. The minimum absolute atomic E-state index is 0.00988. The molecule has 13 heteroatoms. The van der Waals surface area contributed by atoms with Gasteiger partial charge in [0, 0.05) is 31.6 Å². The normalized spacial score (nSPS) is 49.4. The number of ether oxygens (including phenoxy) is 5. The number of hydrogen-bond acceptors (Lipinski definition) is 13. The van der Waals surface area contributed by atoms with Gasteiger partial charge in [-0.3, -0.25) is 28.8 Å². The van der Waals surface area contributed by atoms with Crippen molar-refractivity contribution in [2.24, 2.45) is 82.3 Å². The SMILES string of the molecule is CC1C(=O)OC(=O)C1C(CC(CC1C(C)C2CC1C1COC(=O)C21)C(=O)OC12CC3CC(C1)CC(C(=O)OC(C)(C)C)(C3)C2)C(=O)OC12CC3CC(O)(CC(O)(C3)C1)C2. The average molecular weight is 823 g/mol. The topological polar surface area (TPSA) is 189 Å². The molecule has 12 fully saturated rings. The second-order valence-electron chi connectivity index (χ2n) is 23.1. The van der Waals surface area contributed by atoms with Gasteiger partial charge in [0.05, 0.1) is 52.8 Å². The maximum atomic E-state index is 15.2. The number of aliphatic hydroxyl groups is 2. The molecule has 2 N–H and O–H groups in total. The van der Waals surface area contributed by atoms with E-state index in [1.165, 1.54) is 0 Å². The molecule has 10 aliphatic carbocycles. The summed E-state index contributed by atoms with van der Waals surface area (Å²) in [6.07, 6.45) is 7.15. The third-order valence-corrected chi connectivity index (χ3v) is 17.6. The van der Waals surface area contributed by atoms with Crippen molar-refractivity contribution in [1.29, 1.82) is 0 Å². The number of carbonyl (C=O) groups is 6. The van der Waals surface area contributed by atoms with Crippen molar-refractivity contribution in [3.63, 3.8) is 0 Å². The number of rotatable bonds is 10. The second-order valence-corrected chi connectivity index (χ2v) is 23.1. The minimum Gasteiger partial charge on any atom is -0.465 e. The molecule has 13 nitrogen and oxygen atoms in total. The Bertz CT molecular complexity index is 1830. The molecule has 2 aliphatic heterocycles. The zero-order valence-corrected chi connectivity index (χ0v) is 35.2. The van der Waals surface area contributed by atoms with Crippen LogP contribution in [0.3, 0.4) is 0 Å². The Kier molecular flexibility index (Phi) is 8.81. The predicted molar refractivity (Wildman–Crippen MR) is 204 cm³/mol. The maximum Gasteiger partial charge on any atom is 0.318 e. The lowest BCUT2D eigenvalue weighted by atomic mass is 9.48. The largest absolute Gasteiger partial charge is 0.465 e. The molecule has 0 aromatic carbocycles. The molecule has 0 aromatic heterocycles. The molecule has 0 amide bonds. The van der Waals surface area contributed by atoms with Crippen molar-refractivity contribution >= 4 is 35.8 Å². The number of carbonyl (C=O) groups excluding carboxylic acids is 6. The van der Waals surface area contributed by atoms with Crippen molar-refractivity contribution in [2.45, 2.75) is 159 Å². The Morgan fingerprint density at radius 3 is 2.00 bits per heavy atom. The molecule has 0 radical (unpaired) electrons. The maximum absolute atomic E-state index is 15.2. The van der Waals surface area contributed by atoms with Crippen molar-refractivity contribution in [3.8, 4) is 0 Å². The Morgan fingerprint density at radius 2 is 1.39 bits per heavy atom. The van der Waals surface area contributed by atoms with E-state index in [-0.39, 0.29) is 90.9 Å². The van der Waals surface area contributed by atoms with Crippen molar-refractivity contribution in [3.05, 3.63) is 0 Å². The number of esters is 6. The van der Waals surface area contributed by atoms with Crippen LogP contribution in [0.1, 0.15) is 131 Å². The Labute approximate surface area is 345 Å². The third-order valence-electron chi connectivity index (χ3n) is 17.6. The van der Waals surface area contributed by atoms with Gasteiger partial charge in [-0.2, -0.15) is 0 Å². The van der Waals surface area contributed by atoms with Crippen LogP contribution in [-0.2, 0) is 52.5 Å². The van der Waals surface area contributed by atoms with Crippen LogP contribution in [0, 0.1) is 82.3 Å². The second kappa shape index (κ2) is 13.0. The Hall–Kier alpha value is -3.06. The van der Waals surface area contributed by atoms with Crippen LogP contribution in [0.4, 0.5) is 0 Å². The van der Waals surface area contributed by atoms with E-state index in [0.29, 0.717) is 64.4 Å². The first-order valence-electron chi connectivity index (χ1n) is 22.6. The lowest BCUT2D eigenvalue weighted by Gasteiger charge is -2.62. The summed E-state index contributed by atoms with van der Waals surface area (Å²) in [6.45, 7) is 9.63. The van der Waals surface area contributed by atoms with Crippen molar-refractivity contribution in [2.75, 3.05) is 6.61 Å². The van der Waals surface area contributed by atoms with Gasteiger partial charge in [-0.15, -0.1) is 0 Å². The molecular weight excluding hydrogens is 760 g/mol. The number of hydrogen-bond donors (Lipinski definition) is 2. The summed E-state index contributed by atoms with van der Waals surface area (Å²) in [4.78, 5) is 83.3. The molecule has 14 unspecified atom stereocenters. The summed E-state index contributed by atoms with van der Waals surface area (Å²) in [5.74, 6) is -6.89. The lowest BCUT2D eigenvalue weighted by molar-refractivity contribution is -0.263. The van der Waals surface area contributed by atoms with Gasteiger partial charge in [0.1, 0.15) is 16.8 Å². The first-order valence-corrected chi connectivity index (χ1v) is 22.6. The molecule has 14 atom stereocenters. The highest BCUT2D eigenvalue weighted by Crippen LogP contribution is 2.65. The van der Waals surface area contributed by atoms with Crippen LogP contribution in [0.25, 0.3) is 0 Å². The summed E-state index contributed by atoms with van der Waals surface area (Å²) in [6, 6.07) is 0. The van der Waals surface area contributed by atoms with Crippen molar-refractivity contribution in [1.82, 2.24) is 0 Å². The van der Waals surface area contributed by atoms with E-state index in [1.54, 1.807) is 6.92 Å². The fraction of sp³-hybridized carbons (Fsp3) is 0.870. The van der Waals surface area contributed by atoms with E-state index in [1.807, 2.05) is 20.8 Å². The number of fused-ring (bicyclic) bond motifs is 5. The summed E-state index contributed by atoms with van der Waals surface area (Å²) in [7, 11) is 0. The van der Waals surface area contributed by atoms with Gasteiger partial charge >= 0.3 is 35.8 Å². The van der Waals surface area contributed by atoms with Gasteiger partial charge in [-0.1, -0.05) is 13.8 Å². The molecule has 12 aliphatic rings. The molecule has 2 heterocycles. The van der Waals surface area contributed by atoms with Crippen LogP contribution in [0.15, 0.2) is 0 Å². The van der Waals surface area contributed by atoms with E-state index in [4.69, 9.17) is 23.7 Å². The molecule has 0 spiro atoms. The van der Waals surface area contributed by atoms with Gasteiger partial charge < -0.3 is 33.9 Å². The summed E-state index contributed by atoms with van der Waals surface area (Å²) < 4.78 is 29.9. The minimum atomic E-state index is -1.25. The van der Waals surface area contributed by atoms with Crippen LogP contribution in [0.5, 0.6) is 0 Å². The third kappa shape index (κ3) is 6.50. The van der Waals surface area contributed by atoms with E-state index in [0.717, 1.165) is 12.8 Å². The average Bonchev–Trinajstić information content (AvgIpc) is 3.80. The van der Waals surface area contributed by atoms with Gasteiger partial charge in [0.2, 0.25) is 0 Å². The van der Waals surface area contributed by atoms with Crippen molar-refractivity contribution < 1.29 is 62.7 Å². The fourth-order valence-electron chi connectivity index (χ4n) is 16.5. The highest BCUT2D eigenvalue weighted by Gasteiger charge is 2.67. The standard InChI is InChI=1S/C46H62O13/c1-22-28(30-9-29(22)34-32(30)17-55-38(34)50)7-27(36(48)57-45-14-24-6-25(15-45)11-42(10-24,18-45)40(52)59-41(3,4)5)8-31(33-23(2)35(47)56-39(33)51)37(49)58-46-16-26-12-43(53,20-46)19-44(54,13-26)21-46/h22-34,53-54H,6-21H2,1-5H3. The molecule has 0 aromatic rings. The first-order chi connectivity index (χ1) is 27.6. The van der Waals surface area contributed by atoms with E-state index in [9.17, 15) is 34.2 Å². The Balaban J connectivity index is 0.975. The van der Waals surface area contributed by atoms with Gasteiger partial charge in [0.25, 0.3) is 0 Å². The predicted octanol–water partition coefficient (Wildman–Crippen LogP) is 4.99. The molecule has 10 saturated carbocycles. The summed E-state index contributed by atoms with van der Waals surface area (Å²) in [5, 5.41) is 23.0.